The lowest BCUT2D eigenvalue weighted by atomic mass is 10.1. The lowest BCUT2D eigenvalue weighted by molar-refractivity contribution is -0.120. The number of methoxy groups -OCH3 is 1. The number of ether oxygens (including phenoxy) is 3. The number of sulfonamides is 1. The fourth-order valence-electron chi connectivity index (χ4n) is 2.96. The Bertz CT molecular complexity index is 976. The maximum atomic E-state index is 12.6. The van der Waals surface area contributed by atoms with Crippen molar-refractivity contribution in [3.05, 3.63) is 48.0 Å². The van der Waals surface area contributed by atoms with Gasteiger partial charge in [0.15, 0.2) is 11.5 Å². The van der Waals surface area contributed by atoms with Gasteiger partial charge in [-0.1, -0.05) is 18.2 Å². The van der Waals surface area contributed by atoms with E-state index in [0.29, 0.717) is 22.9 Å². The van der Waals surface area contributed by atoms with Crippen LogP contribution in [-0.2, 0) is 14.8 Å². The molecule has 28 heavy (non-hydrogen) atoms. The van der Waals surface area contributed by atoms with E-state index >= 15 is 0 Å². The number of nitrogens with one attached hydrogen (secondary N) is 1. The van der Waals surface area contributed by atoms with Crippen LogP contribution in [0.4, 0.5) is 5.69 Å². The molecule has 0 bridgehead atoms. The second kappa shape index (κ2) is 7.97. The number of amides is 1. The Balaban J connectivity index is 1.77. The van der Waals surface area contributed by atoms with Gasteiger partial charge in [0.1, 0.15) is 12.3 Å². The van der Waals surface area contributed by atoms with Crippen LogP contribution in [-0.4, -0.2) is 41.0 Å². The number of hydrogen-bond donors (Lipinski definition) is 1. The van der Waals surface area contributed by atoms with Crippen molar-refractivity contribution in [1.82, 2.24) is 5.32 Å². The summed E-state index contributed by atoms with van der Waals surface area (Å²) in [6.45, 7) is 1.52. The summed E-state index contributed by atoms with van der Waals surface area (Å²) in [5.74, 6) is 1.17. The number of rotatable bonds is 7. The van der Waals surface area contributed by atoms with Crippen LogP contribution >= 0.6 is 0 Å². The quantitative estimate of drug-likeness (QED) is 0.757. The second-order valence-electron chi connectivity index (χ2n) is 6.34. The molecule has 0 fully saturated rings. The normalized spacial score (nSPS) is 13.7. The first kappa shape index (κ1) is 19.8. The lowest BCUT2D eigenvalue weighted by Crippen LogP contribution is -2.41. The van der Waals surface area contributed by atoms with Gasteiger partial charge in [0.25, 0.3) is 0 Å². The van der Waals surface area contributed by atoms with Crippen LogP contribution in [0, 0.1) is 0 Å². The predicted octanol–water partition coefficient (Wildman–Crippen LogP) is 2.07. The van der Waals surface area contributed by atoms with E-state index in [1.165, 1.54) is 0 Å². The van der Waals surface area contributed by atoms with E-state index in [1.807, 2.05) is 18.2 Å². The molecule has 0 spiro atoms. The number of anilines is 1. The third-order valence-electron chi connectivity index (χ3n) is 4.31. The molecule has 150 valence electrons. The number of hydrogen-bond acceptors (Lipinski definition) is 6. The summed E-state index contributed by atoms with van der Waals surface area (Å²) in [4.78, 5) is 12.6. The molecule has 1 aliphatic rings. The Labute approximate surface area is 164 Å². The van der Waals surface area contributed by atoms with Gasteiger partial charge >= 0.3 is 0 Å². The van der Waals surface area contributed by atoms with Crippen LogP contribution in [0.1, 0.15) is 18.5 Å². The molecule has 1 amide bonds. The number of carbonyl (C=O) groups is 1. The zero-order valence-electron chi connectivity index (χ0n) is 15.8. The molecule has 0 saturated carbocycles. The summed E-state index contributed by atoms with van der Waals surface area (Å²) >= 11 is 0. The molecular weight excluding hydrogens is 384 g/mol. The number of fused-ring (bicyclic) bond motifs is 1. The first-order valence-electron chi connectivity index (χ1n) is 8.59. The molecule has 1 heterocycles. The molecule has 2 aromatic rings. The average molecular weight is 406 g/mol. The topological polar surface area (TPSA) is 94.2 Å². The Morgan fingerprint density at radius 3 is 2.64 bits per heavy atom. The van der Waals surface area contributed by atoms with Crippen molar-refractivity contribution in [3.8, 4) is 17.2 Å². The number of benzene rings is 2. The Morgan fingerprint density at radius 2 is 1.93 bits per heavy atom. The molecular formula is C19H22N2O6S. The number of nitrogens with zero attached hydrogens (tertiary/aromatic N) is 1. The summed E-state index contributed by atoms with van der Waals surface area (Å²) in [6.07, 6.45) is 1.05. The van der Waals surface area contributed by atoms with Gasteiger partial charge < -0.3 is 19.5 Å². The van der Waals surface area contributed by atoms with Gasteiger partial charge in [0, 0.05) is 11.6 Å². The molecule has 0 aliphatic carbocycles. The van der Waals surface area contributed by atoms with Crippen molar-refractivity contribution in [1.29, 1.82) is 0 Å². The van der Waals surface area contributed by atoms with Crippen molar-refractivity contribution in [2.24, 2.45) is 0 Å². The van der Waals surface area contributed by atoms with Gasteiger partial charge in [0.2, 0.25) is 22.7 Å². The fraction of sp³-hybridized carbons (Fsp3) is 0.316. The summed E-state index contributed by atoms with van der Waals surface area (Å²) in [7, 11) is -2.14. The van der Waals surface area contributed by atoms with Crippen molar-refractivity contribution < 1.29 is 27.4 Å². The maximum absolute atomic E-state index is 12.6. The minimum absolute atomic E-state index is 0.0779. The van der Waals surface area contributed by atoms with E-state index in [-0.39, 0.29) is 19.4 Å². The zero-order chi connectivity index (χ0) is 20.3. The molecule has 9 heteroatoms. The summed E-state index contributed by atoms with van der Waals surface area (Å²) in [5, 5.41) is 2.81. The van der Waals surface area contributed by atoms with Gasteiger partial charge in [-0.3, -0.25) is 9.10 Å². The molecule has 0 saturated heterocycles. The molecule has 1 aliphatic heterocycles. The fourth-order valence-corrected chi connectivity index (χ4v) is 3.81. The van der Waals surface area contributed by atoms with E-state index in [4.69, 9.17) is 14.2 Å². The van der Waals surface area contributed by atoms with Crippen LogP contribution in [0.2, 0.25) is 0 Å². The highest BCUT2D eigenvalue weighted by Gasteiger charge is 2.24. The maximum Gasteiger partial charge on any atom is 0.241 e. The predicted molar refractivity (Wildman–Crippen MR) is 104 cm³/mol. The van der Waals surface area contributed by atoms with Crippen LogP contribution in [0.5, 0.6) is 17.2 Å². The second-order valence-corrected chi connectivity index (χ2v) is 8.25. The average Bonchev–Trinajstić information content (AvgIpc) is 3.12. The molecule has 1 atom stereocenters. The SMILES string of the molecule is COc1ccccc1C(C)NC(=O)CN(c1ccc2c(c1)OCO2)S(C)(=O)=O. The Kier molecular flexibility index (Phi) is 5.64. The Morgan fingerprint density at radius 1 is 1.21 bits per heavy atom. The van der Waals surface area contributed by atoms with Gasteiger partial charge in [-0.05, 0) is 25.1 Å². The van der Waals surface area contributed by atoms with Gasteiger partial charge in [0.05, 0.1) is 25.1 Å². The first-order valence-corrected chi connectivity index (χ1v) is 10.4. The van der Waals surface area contributed by atoms with Crippen molar-refractivity contribution in [3.63, 3.8) is 0 Å². The zero-order valence-corrected chi connectivity index (χ0v) is 16.7. The summed E-state index contributed by atoms with van der Waals surface area (Å²) < 4.78 is 41.4. The van der Waals surface area contributed by atoms with Crippen molar-refractivity contribution >= 4 is 21.6 Å². The highest BCUT2D eigenvalue weighted by molar-refractivity contribution is 7.92. The third kappa shape index (κ3) is 4.30. The highest BCUT2D eigenvalue weighted by Crippen LogP contribution is 2.36. The van der Waals surface area contributed by atoms with Gasteiger partial charge in [-0.15, -0.1) is 0 Å². The molecule has 2 aromatic carbocycles. The third-order valence-corrected chi connectivity index (χ3v) is 5.46. The smallest absolute Gasteiger partial charge is 0.241 e. The van der Waals surface area contributed by atoms with Crippen LogP contribution in [0.25, 0.3) is 0 Å². The first-order chi connectivity index (χ1) is 13.3. The van der Waals surface area contributed by atoms with Crippen molar-refractivity contribution in [2.45, 2.75) is 13.0 Å². The van der Waals surface area contributed by atoms with Crippen molar-refractivity contribution in [2.75, 3.05) is 31.0 Å². The Hall–Kier alpha value is -2.94. The number of carbonyl (C=O) groups excluding carboxylic acids is 1. The minimum Gasteiger partial charge on any atom is -0.496 e. The van der Waals surface area contributed by atoms with E-state index in [1.54, 1.807) is 38.3 Å². The largest absolute Gasteiger partial charge is 0.496 e. The van der Waals surface area contributed by atoms with E-state index < -0.39 is 15.9 Å². The molecule has 3 rings (SSSR count). The van der Waals surface area contributed by atoms with Gasteiger partial charge in [-0.25, -0.2) is 8.42 Å². The molecule has 8 nitrogen and oxygen atoms in total. The van der Waals surface area contributed by atoms with E-state index in [0.717, 1.165) is 16.1 Å². The van der Waals surface area contributed by atoms with Crippen LogP contribution in [0.3, 0.4) is 0 Å². The molecule has 0 aromatic heterocycles. The molecule has 1 N–H and O–H groups in total. The monoisotopic (exact) mass is 406 g/mol. The minimum atomic E-state index is -3.69. The van der Waals surface area contributed by atoms with E-state index in [9.17, 15) is 13.2 Å². The highest BCUT2D eigenvalue weighted by atomic mass is 32.2. The molecule has 1 unspecified atom stereocenters. The summed E-state index contributed by atoms with van der Waals surface area (Å²) in [6, 6.07) is 11.7. The molecule has 0 radical (unpaired) electrons. The summed E-state index contributed by atoms with van der Waals surface area (Å²) in [5.41, 5.74) is 1.12. The van der Waals surface area contributed by atoms with Crippen LogP contribution in [0.15, 0.2) is 42.5 Å². The van der Waals surface area contributed by atoms with Crippen LogP contribution < -0.4 is 23.8 Å². The van der Waals surface area contributed by atoms with E-state index in [2.05, 4.69) is 5.32 Å². The lowest BCUT2D eigenvalue weighted by Gasteiger charge is -2.24. The standard InChI is InChI=1S/C19H22N2O6S/c1-13(15-6-4-5-7-16(15)25-2)20-19(22)11-21(28(3,23)24)14-8-9-17-18(10-14)27-12-26-17/h4-10,13H,11-12H2,1-3H3,(H,20,22). The number of para-hydroxylation sites is 1. The van der Waals surface area contributed by atoms with Gasteiger partial charge in [-0.2, -0.15) is 0 Å².